The topological polar surface area (TPSA) is 43.1 Å². The van der Waals surface area contributed by atoms with Gasteiger partial charge in [0.25, 0.3) is 0 Å². The minimum absolute atomic E-state index is 0.140. The lowest BCUT2D eigenvalue weighted by molar-refractivity contribution is -0.117. The third-order valence-corrected chi connectivity index (χ3v) is 3.32. The van der Waals surface area contributed by atoms with Crippen molar-refractivity contribution in [1.29, 1.82) is 0 Å². The van der Waals surface area contributed by atoms with Gasteiger partial charge in [-0.05, 0) is 28.8 Å². The largest absolute Gasteiger partial charge is 0.369 e. The summed E-state index contributed by atoms with van der Waals surface area (Å²) in [4.78, 5) is 11.1. The fourth-order valence-corrected chi connectivity index (χ4v) is 2.16. The summed E-state index contributed by atoms with van der Waals surface area (Å²) in [7, 11) is 0. The van der Waals surface area contributed by atoms with Crippen molar-refractivity contribution in [1.82, 2.24) is 0 Å². The molecule has 0 heterocycles. The number of hydrogen-bond acceptors (Lipinski definition) is 1. The van der Waals surface area contributed by atoms with Crippen molar-refractivity contribution in [3.05, 3.63) is 58.1 Å². The Bertz CT molecular complexity index is 582. The molecular weight excluding hydrogens is 269 g/mol. The van der Waals surface area contributed by atoms with Crippen molar-refractivity contribution in [3.8, 4) is 11.1 Å². The molecule has 0 aliphatic heterocycles. The van der Waals surface area contributed by atoms with Crippen LogP contribution in [0.1, 0.15) is 5.56 Å². The molecule has 0 spiro atoms. The minimum Gasteiger partial charge on any atom is -0.369 e. The predicted octanol–water partition coefficient (Wildman–Crippen LogP) is 3.69. The van der Waals surface area contributed by atoms with Crippen LogP contribution in [0.2, 0.25) is 10.0 Å². The quantitative estimate of drug-likeness (QED) is 0.915. The SMILES string of the molecule is NC(=O)Cc1cc(Cl)c(Cl)cc1-c1ccccc1. The molecule has 2 aromatic carbocycles. The van der Waals surface area contributed by atoms with Gasteiger partial charge in [-0.15, -0.1) is 0 Å². The van der Waals surface area contributed by atoms with Crippen LogP contribution in [0.15, 0.2) is 42.5 Å². The maximum atomic E-state index is 11.1. The first-order valence-corrected chi connectivity index (χ1v) is 6.15. The van der Waals surface area contributed by atoms with Crippen molar-refractivity contribution < 1.29 is 4.79 Å². The monoisotopic (exact) mass is 279 g/mol. The molecule has 0 saturated heterocycles. The summed E-state index contributed by atoms with van der Waals surface area (Å²) in [5, 5.41) is 0.885. The van der Waals surface area contributed by atoms with Gasteiger partial charge in [0, 0.05) is 0 Å². The molecule has 0 radical (unpaired) electrons. The number of carbonyl (C=O) groups is 1. The second kappa shape index (κ2) is 5.42. The molecule has 18 heavy (non-hydrogen) atoms. The Morgan fingerprint density at radius 1 is 1.06 bits per heavy atom. The van der Waals surface area contributed by atoms with E-state index in [1.807, 2.05) is 30.3 Å². The maximum absolute atomic E-state index is 11.1. The van der Waals surface area contributed by atoms with Gasteiger partial charge in [-0.1, -0.05) is 53.5 Å². The summed E-state index contributed by atoms with van der Waals surface area (Å²) in [5.74, 6) is -0.398. The molecule has 4 heteroatoms. The third-order valence-electron chi connectivity index (χ3n) is 2.60. The summed E-state index contributed by atoms with van der Waals surface area (Å²) in [6.07, 6.45) is 0.140. The second-order valence-corrected chi connectivity index (χ2v) is 4.75. The first-order valence-electron chi connectivity index (χ1n) is 5.39. The number of benzene rings is 2. The van der Waals surface area contributed by atoms with Crippen molar-refractivity contribution >= 4 is 29.1 Å². The van der Waals surface area contributed by atoms with Gasteiger partial charge in [0.15, 0.2) is 0 Å². The van der Waals surface area contributed by atoms with E-state index < -0.39 is 5.91 Å². The van der Waals surface area contributed by atoms with Gasteiger partial charge in [0.2, 0.25) is 5.91 Å². The number of amides is 1. The summed E-state index contributed by atoms with van der Waals surface area (Å²) in [6.45, 7) is 0. The van der Waals surface area contributed by atoms with E-state index in [0.717, 1.165) is 16.7 Å². The highest BCUT2D eigenvalue weighted by Crippen LogP contribution is 2.32. The third kappa shape index (κ3) is 2.84. The Kier molecular flexibility index (Phi) is 3.90. The smallest absolute Gasteiger partial charge is 0.221 e. The average molecular weight is 280 g/mol. The van der Waals surface area contributed by atoms with Crippen molar-refractivity contribution in [2.75, 3.05) is 0 Å². The lowest BCUT2D eigenvalue weighted by Gasteiger charge is -2.10. The van der Waals surface area contributed by atoms with E-state index in [4.69, 9.17) is 28.9 Å². The molecule has 0 atom stereocenters. The zero-order valence-corrected chi connectivity index (χ0v) is 11.0. The molecule has 0 aliphatic rings. The van der Waals surface area contributed by atoms with Gasteiger partial charge < -0.3 is 5.73 Å². The Hall–Kier alpha value is -1.51. The van der Waals surface area contributed by atoms with E-state index in [9.17, 15) is 4.79 Å². The lowest BCUT2D eigenvalue weighted by Crippen LogP contribution is -2.14. The first kappa shape index (κ1) is 12.9. The number of carbonyl (C=O) groups excluding carboxylic acids is 1. The number of nitrogens with two attached hydrogens (primary N) is 1. The fraction of sp³-hybridized carbons (Fsp3) is 0.0714. The molecule has 0 aliphatic carbocycles. The van der Waals surface area contributed by atoms with E-state index in [-0.39, 0.29) is 6.42 Å². The van der Waals surface area contributed by atoms with Crippen molar-refractivity contribution in [2.45, 2.75) is 6.42 Å². The lowest BCUT2D eigenvalue weighted by atomic mass is 9.97. The van der Waals surface area contributed by atoms with Crippen molar-refractivity contribution in [2.24, 2.45) is 5.73 Å². The summed E-state index contributed by atoms with van der Waals surface area (Å²) >= 11 is 12.0. The Balaban J connectivity index is 2.57. The molecule has 2 N–H and O–H groups in total. The predicted molar refractivity (Wildman–Crippen MR) is 74.8 cm³/mol. The van der Waals surface area contributed by atoms with Gasteiger partial charge in [-0.25, -0.2) is 0 Å². The van der Waals surface area contributed by atoms with Gasteiger partial charge in [-0.2, -0.15) is 0 Å². The highest BCUT2D eigenvalue weighted by Gasteiger charge is 2.11. The standard InChI is InChI=1S/C14H11Cl2NO/c15-12-6-10(7-14(17)18)11(8-13(12)16)9-4-2-1-3-5-9/h1-6,8H,7H2,(H2,17,18). The van der Waals surface area contributed by atoms with Crippen LogP contribution in [0.5, 0.6) is 0 Å². The zero-order valence-electron chi connectivity index (χ0n) is 9.49. The molecule has 0 aromatic heterocycles. The van der Waals surface area contributed by atoms with Crippen LogP contribution in [0.4, 0.5) is 0 Å². The van der Waals surface area contributed by atoms with Crippen LogP contribution < -0.4 is 5.73 Å². The summed E-state index contributed by atoms with van der Waals surface area (Å²) < 4.78 is 0. The molecule has 0 bridgehead atoms. The molecule has 2 aromatic rings. The number of primary amides is 1. The zero-order chi connectivity index (χ0) is 13.1. The number of rotatable bonds is 3. The Labute approximate surface area is 115 Å². The number of halogens is 2. The van der Waals surface area contributed by atoms with Crippen molar-refractivity contribution in [3.63, 3.8) is 0 Å². The highest BCUT2D eigenvalue weighted by atomic mass is 35.5. The Morgan fingerprint density at radius 2 is 1.67 bits per heavy atom. The van der Waals surface area contributed by atoms with E-state index in [1.165, 1.54) is 0 Å². The fourth-order valence-electron chi connectivity index (χ4n) is 1.81. The first-order chi connectivity index (χ1) is 8.58. The van der Waals surface area contributed by atoms with Gasteiger partial charge in [0.05, 0.1) is 16.5 Å². The molecule has 92 valence electrons. The van der Waals surface area contributed by atoms with Crippen LogP contribution >= 0.6 is 23.2 Å². The Morgan fingerprint density at radius 3 is 2.28 bits per heavy atom. The summed E-state index contributed by atoms with van der Waals surface area (Å²) in [6, 6.07) is 13.1. The molecular formula is C14H11Cl2NO. The molecule has 0 fully saturated rings. The molecule has 1 amide bonds. The van der Waals surface area contributed by atoms with Crippen LogP contribution in [0.25, 0.3) is 11.1 Å². The molecule has 0 unspecified atom stereocenters. The van der Waals surface area contributed by atoms with Crippen LogP contribution in [0.3, 0.4) is 0 Å². The normalized spacial score (nSPS) is 10.3. The average Bonchev–Trinajstić information content (AvgIpc) is 2.34. The highest BCUT2D eigenvalue weighted by molar-refractivity contribution is 6.42. The summed E-state index contributed by atoms with van der Waals surface area (Å²) in [5.41, 5.74) is 7.88. The van der Waals surface area contributed by atoms with E-state index in [0.29, 0.717) is 10.0 Å². The molecule has 0 saturated carbocycles. The van der Waals surface area contributed by atoms with Crippen LogP contribution in [-0.2, 0) is 11.2 Å². The van der Waals surface area contributed by atoms with Gasteiger partial charge in [0.1, 0.15) is 0 Å². The van der Waals surface area contributed by atoms with Crippen LogP contribution in [-0.4, -0.2) is 5.91 Å². The van der Waals surface area contributed by atoms with E-state index in [1.54, 1.807) is 12.1 Å². The minimum atomic E-state index is -0.398. The molecule has 2 nitrogen and oxygen atoms in total. The van der Waals surface area contributed by atoms with Crippen LogP contribution in [0, 0.1) is 0 Å². The van der Waals surface area contributed by atoms with E-state index >= 15 is 0 Å². The maximum Gasteiger partial charge on any atom is 0.221 e. The van der Waals surface area contributed by atoms with Gasteiger partial charge in [-0.3, -0.25) is 4.79 Å². The molecule has 2 rings (SSSR count). The van der Waals surface area contributed by atoms with Gasteiger partial charge >= 0.3 is 0 Å². The second-order valence-electron chi connectivity index (χ2n) is 3.93. The number of hydrogen-bond donors (Lipinski definition) is 1. The van der Waals surface area contributed by atoms with E-state index in [2.05, 4.69) is 0 Å².